The average Bonchev–Trinajstić information content (AvgIpc) is 3.16. The summed E-state index contributed by atoms with van der Waals surface area (Å²) in [5.74, 6) is 0. The van der Waals surface area contributed by atoms with Crippen molar-refractivity contribution in [3.05, 3.63) is 94.5 Å². The van der Waals surface area contributed by atoms with Crippen LogP contribution in [0.5, 0.6) is 0 Å². The van der Waals surface area contributed by atoms with Gasteiger partial charge in [-0.05, 0) is 48.6 Å². The number of aliphatic hydroxyl groups excluding tert-OH is 1. The maximum Gasteiger partial charge on any atom is 0.113 e. The molecule has 0 aliphatic carbocycles. The molecule has 0 radical (unpaired) electrons. The predicted molar refractivity (Wildman–Crippen MR) is 113 cm³/mol. The third-order valence-electron chi connectivity index (χ3n) is 5.69. The first-order valence-corrected chi connectivity index (χ1v) is 9.52. The fourth-order valence-electron chi connectivity index (χ4n) is 4.37. The molecule has 3 heteroatoms. The summed E-state index contributed by atoms with van der Waals surface area (Å²) in [7, 11) is 0. The molecule has 4 rings (SSSR count). The third kappa shape index (κ3) is 2.98. The largest absolute Gasteiger partial charge is 0.384 e. The van der Waals surface area contributed by atoms with E-state index in [9.17, 15) is 5.11 Å². The number of benzene rings is 3. The minimum absolute atomic E-state index is 0.0912. The first-order valence-electron chi connectivity index (χ1n) is 9.52. The molecule has 138 valence electrons. The van der Waals surface area contributed by atoms with Crippen molar-refractivity contribution < 1.29 is 5.11 Å². The van der Waals surface area contributed by atoms with Gasteiger partial charge in [0, 0.05) is 23.3 Å². The SMILES string of the molecule is Cc1cc2c(c(C(C)(c3ccccc3)c3ccccc3NCO)c1)NCC2. The Morgan fingerprint density at radius 1 is 1.00 bits per heavy atom. The van der Waals surface area contributed by atoms with Gasteiger partial charge in [0.1, 0.15) is 6.73 Å². The second-order valence-electron chi connectivity index (χ2n) is 7.39. The van der Waals surface area contributed by atoms with Gasteiger partial charge in [-0.2, -0.15) is 0 Å². The van der Waals surface area contributed by atoms with Gasteiger partial charge >= 0.3 is 0 Å². The number of hydrogen-bond donors (Lipinski definition) is 3. The standard InChI is InChI=1S/C24H26N2O/c1-17-14-18-12-13-25-23(18)21(15-17)24(2,19-8-4-3-5-9-19)20-10-6-7-11-22(20)26-16-27/h3-11,14-15,25-27H,12-13,16H2,1-2H3. The molecular formula is C24H26N2O. The van der Waals surface area contributed by atoms with Crippen molar-refractivity contribution in [2.45, 2.75) is 25.7 Å². The van der Waals surface area contributed by atoms with Crippen LogP contribution in [0.3, 0.4) is 0 Å². The van der Waals surface area contributed by atoms with E-state index in [-0.39, 0.29) is 12.1 Å². The lowest BCUT2D eigenvalue weighted by molar-refractivity contribution is 0.325. The molecule has 1 atom stereocenters. The average molecular weight is 358 g/mol. The monoisotopic (exact) mass is 358 g/mol. The highest BCUT2D eigenvalue weighted by Gasteiger charge is 2.36. The molecule has 3 nitrogen and oxygen atoms in total. The predicted octanol–water partition coefficient (Wildman–Crippen LogP) is 4.68. The molecule has 1 unspecified atom stereocenters. The molecule has 0 bridgehead atoms. The molecule has 1 aliphatic heterocycles. The lowest BCUT2D eigenvalue weighted by atomic mass is 9.69. The number of rotatable bonds is 5. The zero-order valence-corrected chi connectivity index (χ0v) is 15.9. The van der Waals surface area contributed by atoms with Crippen LogP contribution in [0.2, 0.25) is 0 Å². The topological polar surface area (TPSA) is 44.3 Å². The van der Waals surface area contributed by atoms with Crippen LogP contribution in [-0.4, -0.2) is 18.4 Å². The number of fused-ring (bicyclic) bond motifs is 1. The van der Waals surface area contributed by atoms with Gasteiger partial charge in [-0.25, -0.2) is 0 Å². The molecule has 0 saturated heterocycles. The molecule has 3 aromatic rings. The Balaban J connectivity index is 2.03. The number of aryl methyl sites for hydroxylation is 1. The molecule has 3 N–H and O–H groups in total. The van der Waals surface area contributed by atoms with Crippen molar-refractivity contribution >= 4 is 11.4 Å². The molecule has 0 amide bonds. The van der Waals surface area contributed by atoms with Crippen LogP contribution in [0.1, 0.15) is 34.7 Å². The minimum atomic E-state index is -0.354. The summed E-state index contributed by atoms with van der Waals surface area (Å²) in [6, 6.07) is 23.5. The van der Waals surface area contributed by atoms with E-state index in [4.69, 9.17) is 0 Å². The molecule has 0 spiro atoms. The summed E-state index contributed by atoms with van der Waals surface area (Å²) in [4.78, 5) is 0. The number of nitrogens with one attached hydrogen (secondary N) is 2. The number of para-hydroxylation sites is 1. The van der Waals surface area contributed by atoms with E-state index >= 15 is 0 Å². The van der Waals surface area contributed by atoms with E-state index in [1.54, 1.807) is 0 Å². The van der Waals surface area contributed by atoms with Gasteiger partial charge in [-0.3, -0.25) is 0 Å². The highest BCUT2D eigenvalue weighted by atomic mass is 16.3. The second kappa shape index (κ2) is 7.09. The Morgan fingerprint density at radius 3 is 2.52 bits per heavy atom. The molecule has 0 saturated carbocycles. The van der Waals surface area contributed by atoms with Crippen molar-refractivity contribution in [2.24, 2.45) is 0 Å². The summed E-state index contributed by atoms with van der Waals surface area (Å²) in [5.41, 5.74) is 8.21. The highest BCUT2D eigenvalue weighted by molar-refractivity contribution is 5.72. The maximum absolute atomic E-state index is 9.53. The van der Waals surface area contributed by atoms with Gasteiger partial charge in [0.25, 0.3) is 0 Å². The first-order chi connectivity index (χ1) is 13.1. The van der Waals surface area contributed by atoms with E-state index in [0.717, 1.165) is 24.2 Å². The summed E-state index contributed by atoms with van der Waals surface area (Å²) in [6.45, 7) is 5.35. The van der Waals surface area contributed by atoms with E-state index in [1.165, 1.54) is 27.9 Å². The van der Waals surface area contributed by atoms with Crippen molar-refractivity contribution in [1.29, 1.82) is 0 Å². The molecule has 3 aromatic carbocycles. The third-order valence-corrected chi connectivity index (χ3v) is 5.69. The molecule has 27 heavy (non-hydrogen) atoms. The van der Waals surface area contributed by atoms with Gasteiger partial charge in [0.15, 0.2) is 0 Å². The van der Waals surface area contributed by atoms with Crippen LogP contribution in [0.25, 0.3) is 0 Å². The molecule has 0 fully saturated rings. The second-order valence-corrected chi connectivity index (χ2v) is 7.39. The highest BCUT2D eigenvalue weighted by Crippen LogP contribution is 2.47. The zero-order chi connectivity index (χ0) is 18.9. The Hall–Kier alpha value is -2.78. The van der Waals surface area contributed by atoms with E-state index < -0.39 is 0 Å². The number of hydrogen-bond acceptors (Lipinski definition) is 3. The van der Waals surface area contributed by atoms with Crippen LogP contribution >= 0.6 is 0 Å². The summed E-state index contributed by atoms with van der Waals surface area (Å²) < 4.78 is 0. The molecule has 1 heterocycles. The number of aliphatic hydroxyl groups is 1. The van der Waals surface area contributed by atoms with E-state index in [2.05, 4.69) is 79.1 Å². The number of anilines is 2. The summed E-state index contributed by atoms with van der Waals surface area (Å²) in [5, 5.41) is 16.3. The molecular weight excluding hydrogens is 332 g/mol. The van der Waals surface area contributed by atoms with Gasteiger partial charge in [-0.15, -0.1) is 0 Å². The maximum atomic E-state index is 9.53. The van der Waals surface area contributed by atoms with Crippen molar-refractivity contribution in [2.75, 3.05) is 23.9 Å². The minimum Gasteiger partial charge on any atom is -0.384 e. The Morgan fingerprint density at radius 2 is 1.74 bits per heavy atom. The first kappa shape index (κ1) is 17.6. The van der Waals surface area contributed by atoms with Gasteiger partial charge in [0.05, 0.1) is 0 Å². The van der Waals surface area contributed by atoms with Crippen LogP contribution in [0.15, 0.2) is 66.7 Å². The van der Waals surface area contributed by atoms with Crippen molar-refractivity contribution in [3.63, 3.8) is 0 Å². The Bertz CT molecular complexity index is 952. The molecule has 1 aliphatic rings. The van der Waals surface area contributed by atoms with Gasteiger partial charge < -0.3 is 15.7 Å². The quantitative estimate of drug-likeness (QED) is 0.458. The Kier molecular flexibility index (Phi) is 4.63. The lowest BCUT2D eigenvalue weighted by Gasteiger charge is -2.35. The zero-order valence-electron chi connectivity index (χ0n) is 15.9. The molecule has 0 aromatic heterocycles. The van der Waals surface area contributed by atoms with Crippen LogP contribution in [0, 0.1) is 6.92 Å². The normalized spacial score (nSPS) is 14.9. The van der Waals surface area contributed by atoms with Crippen LogP contribution in [0.4, 0.5) is 11.4 Å². The fourth-order valence-corrected chi connectivity index (χ4v) is 4.37. The Labute approximate surface area is 161 Å². The summed E-state index contributed by atoms with van der Waals surface area (Å²) >= 11 is 0. The fraction of sp³-hybridized carbons (Fsp3) is 0.250. The summed E-state index contributed by atoms with van der Waals surface area (Å²) in [6.07, 6.45) is 1.06. The van der Waals surface area contributed by atoms with Crippen LogP contribution < -0.4 is 10.6 Å². The van der Waals surface area contributed by atoms with E-state index in [0.29, 0.717) is 0 Å². The van der Waals surface area contributed by atoms with Crippen molar-refractivity contribution in [3.8, 4) is 0 Å². The van der Waals surface area contributed by atoms with Gasteiger partial charge in [0.2, 0.25) is 0 Å². The van der Waals surface area contributed by atoms with Crippen LogP contribution in [-0.2, 0) is 11.8 Å². The lowest BCUT2D eigenvalue weighted by Crippen LogP contribution is -2.28. The van der Waals surface area contributed by atoms with Gasteiger partial charge in [-0.1, -0.05) is 66.2 Å². The van der Waals surface area contributed by atoms with Crippen molar-refractivity contribution in [1.82, 2.24) is 0 Å². The smallest absolute Gasteiger partial charge is 0.113 e. The van der Waals surface area contributed by atoms with E-state index in [1.807, 2.05) is 12.1 Å².